The van der Waals surface area contributed by atoms with Crippen LogP contribution in [0.2, 0.25) is 0 Å². The summed E-state index contributed by atoms with van der Waals surface area (Å²) < 4.78 is 8.44. The number of rotatable bonds is 9. The average Bonchev–Trinajstić information content (AvgIpc) is 3.43. The number of fused-ring (bicyclic) bond motifs is 3. The monoisotopic (exact) mass is 554 g/mol. The van der Waals surface area contributed by atoms with E-state index in [4.69, 9.17) is 0 Å². The molecule has 3 fully saturated rings. The molecule has 40 heavy (non-hydrogen) atoms. The van der Waals surface area contributed by atoms with Gasteiger partial charge < -0.3 is 0 Å². The topological polar surface area (TPSA) is 22.0 Å². The Balaban J connectivity index is 1.16. The molecule has 0 aliphatic carbocycles. The standard InChI is InChI=1S/C33H60N7/c1-4-16-35-19-7-10-22-38(31(35)13-1)28-25-34(26-29-39-23-11-8-20-36-17-5-2-14-32(36)39)27-30-40-24-12-9-21-37-18-6-3-15-33(37)40/h1-30H2/q+3. The van der Waals surface area contributed by atoms with Crippen molar-refractivity contribution in [3.05, 3.63) is 0 Å². The summed E-state index contributed by atoms with van der Waals surface area (Å²) in [6.45, 7) is 18.9. The van der Waals surface area contributed by atoms with Crippen LogP contribution in [0.4, 0.5) is 0 Å². The summed E-state index contributed by atoms with van der Waals surface area (Å²) in [6.07, 6.45) is 20.5. The molecule has 0 aromatic rings. The maximum atomic E-state index is 2.87. The highest BCUT2D eigenvalue weighted by molar-refractivity contribution is 5.79. The zero-order valence-corrected chi connectivity index (χ0v) is 25.8. The van der Waals surface area contributed by atoms with Crippen LogP contribution in [0.25, 0.3) is 0 Å². The summed E-state index contributed by atoms with van der Waals surface area (Å²) >= 11 is 0. The molecule has 0 aromatic heterocycles. The van der Waals surface area contributed by atoms with Crippen LogP contribution in [-0.4, -0.2) is 149 Å². The van der Waals surface area contributed by atoms with E-state index in [0.29, 0.717) is 0 Å². The van der Waals surface area contributed by atoms with Gasteiger partial charge in [-0.15, -0.1) is 0 Å². The van der Waals surface area contributed by atoms with E-state index in [0.717, 1.165) is 0 Å². The normalized spacial score (nSPS) is 25.0. The van der Waals surface area contributed by atoms with Crippen molar-refractivity contribution in [3.63, 3.8) is 0 Å². The Labute approximate surface area is 245 Å². The first-order valence-electron chi connectivity index (χ1n) is 17.6. The molecule has 6 aliphatic rings. The van der Waals surface area contributed by atoms with Crippen molar-refractivity contribution in [2.24, 2.45) is 0 Å². The van der Waals surface area contributed by atoms with Gasteiger partial charge in [-0.2, -0.15) is 0 Å². The van der Waals surface area contributed by atoms with Gasteiger partial charge in [0.15, 0.2) is 0 Å². The summed E-state index contributed by atoms with van der Waals surface area (Å²) in [5.74, 6) is 5.06. The Morgan fingerprint density at radius 1 is 0.400 bits per heavy atom. The number of amidine groups is 3. The molecule has 6 aliphatic heterocycles. The van der Waals surface area contributed by atoms with Gasteiger partial charge in [-0.3, -0.25) is 33.3 Å². The van der Waals surface area contributed by atoms with Crippen molar-refractivity contribution in [1.29, 1.82) is 0 Å². The van der Waals surface area contributed by atoms with Crippen molar-refractivity contribution in [3.8, 4) is 0 Å². The predicted octanol–water partition coefficient (Wildman–Crippen LogP) is 3.36. The summed E-state index contributed by atoms with van der Waals surface area (Å²) in [5.41, 5.74) is 0. The summed E-state index contributed by atoms with van der Waals surface area (Å²) in [6, 6.07) is 0. The van der Waals surface area contributed by atoms with Crippen molar-refractivity contribution in [2.75, 3.05) is 98.2 Å². The minimum Gasteiger partial charge on any atom is -0.292 e. The maximum absolute atomic E-state index is 2.87. The van der Waals surface area contributed by atoms with E-state index in [1.54, 1.807) is 17.5 Å². The van der Waals surface area contributed by atoms with Gasteiger partial charge in [0.05, 0.1) is 78.5 Å². The lowest BCUT2D eigenvalue weighted by atomic mass is 10.1. The van der Waals surface area contributed by atoms with Gasteiger partial charge in [0.2, 0.25) is 17.5 Å². The number of hydrogen-bond acceptors (Lipinski definition) is 4. The van der Waals surface area contributed by atoms with Crippen molar-refractivity contribution < 1.29 is 13.7 Å². The third-order valence-corrected chi connectivity index (χ3v) is 10.8. The molecule has 0 bridgehead atoms. The Morgan fingerprint density at radius 2 is 0.700 bits per heavy atom. The molecular weight excluding hydrogens is 494 g/mol. The lowest BCUT2D eigenvalue weighted by Crippen LogP contribution is -2.46. The average molecular weight is 555 g/mol. The van der Waals surface area contributed by atoms with Crippen molar-refractivity contribution in [1.82, 2.24) is 19.6 Å². The van der Waals surface area contributed by atoms with Crippen LogP contribution in [0, 0.1) is 0 Å². The van der Waals surface area contributed by atoms with E-state index in [9.17, 15) is 0 Å². The second-order valence-electron chi connectivity index (χ2n) is 13.5. The lowest BCUT2D eigenvalue weighted by molar-refractivity contribution is -0.544. The molecule has 3 saturated heterocycles. The van der Waals surface area contributed by atoms with Crippen LogP contribution in [0.5, 0.6) is 0 Å². The highest BCUT2D eigenvalue weighted by Gasteiger charge is 2.31. The SMILES string of the molecule is C1CCN2CCCC[N+](CCN(CC[N+]3=C4CCCCN4CCCC3)CC[N+]3=C4CCCCN4CCCC3)=C2C1. The lowest BCUT2D eigenvalue weighted by Gasteiger charge is -2.28. The molecule has 0 amide bonds. The second-order valence-corrected chi connectivity index (χ2v) is 13.5. The largest absolute Gasteiger partial charge is 0.292 e. The predicted molar refractivity (Wildman–Crippen MR) is 165 cm³/mol. The molecule has 0 saturated carbocycles. The summed E-state index contributed by atoms with van der Waals surface area (Å²) in [7, 11) is 0. The highest BCUT2D eigenvalue weighted by atomic mass is 15.3. The Bertz CT molecular complexity index is 818. The van der Waals surface area contributed by atoms with Crippen molar-refractivity contribution in [2.45, 2.75) is 96.3 Å². The van der Waals surface area contributed by atoms with Gasteiger partial charge in [-0.25, -0.2) is 0 Å². The molecule has 0 aromatic carbocycles. The highest BCUT2D eigenvalue weighted by Crippen LogP contribution is 2.18. The molecule has 0 unspecified atom stereocenters. The maximum Gasteiger partial charge on any atom is 0.246 e. The van der Waals surface area contributed by atoms with Gasteiger partial charge >= 0.3 is 0 Å². The smallest absolute Gasteiger partial charge is 0.246 e. The van der Waals surface area contributed by atoms with E-state index in [1.807, 2.05) is 0 Å². The molecule has 0 N–H and O–H groups in total. The van der Waals surface area contributed by atoms with Crippen LogP contribution in [-0.2, 0) is 0 Å². The van der Waals surface area contributed by atoms with E-state index in [-0.39, 0.29) is 0 Å². The zero-order chi connectivity index (χ0) is 27.0. The fourth-order valence-electron chi connectivity index (χ4n) is 8.46. The van der Waals surface area contributed by atoms with E-state index in [1.165, 1.54) is 194 Å². The first kappa shape index (κ1) is 28.5. The van der Waals surface area contributed by atoms with Gasteiger partial charge in [-0.05, 0) is 77.0 Å². The molecule has 7 heteroatoms. The molecule has 0 atom stereocenters. The Morgan fingerprint density at radius 3 is 1.02 bits per heavy atom. The van der Waals surface area contributed by atoms with E-state index >= 15 is 0 Å². The second kappa shape index (κ2) is 14.5. The minimum absolute atomic E-state index is 1.22. The molecule has 0 spiro atoms. The van der Waals surface area contributed by atoms with Gasteiger partial charge in [0, 0.05) is 38.9 Å². The molecule has 224 valence electrons. The molecular formula is C33H60N7+3. The Kier molecular flexibility index (Phi) is 10.3. The number of nitrogens with zero attached hydrogens (tertiary/aromatic N) is 7. The summed E-state index contributed by atoms with van der Waals surface area (Å²) in [4.78, 5) is 11.1. The molecule has 6 heterocycles. The molecule has 6 rings (SSSR count). The van der Waals surface area contributed by atoms with Crippen LogP contribution in [0.1, 0.15) is 96.3 Å². The van der Waals surface area contributed by atoms with Gasteiger partial charge in [0.1, 0.15) is 0 Å². The van der Waals surface area contributed by atoms with Crippen LogP contribution >= 0.6 is 0 Å². The van der Waals surface area contributed by atoms with Gasteiger partial charge in [-0.1, -0.05) is 0 Å². The van der Waals surface area contributed by atoms with E-state index < -0.39 is 0 Å². The number of piperidine rings is 3. The summed E-state index contributed by atoms with van der Waals surface area (Å²) in [5, 5.41) is 0. The van der Waals surface area contributed by atoms with Crippen LogP contribution in [0.3, 0.4) is 0 Å². The number of hydrogen-bond donors (Lipinski definition) is 0. The minimum atomic E-state index is 1.22. The third-order valence-electron chi connectivity index (χ3n) is 10.8. The first-order chi connectivity index (χ1) is 19.8. The van der Waals surface area contributed by atoms with Crippen molar-refractivity contribution >= 4 is 17.5 Å². The van der Waals surface area contributed by atoms with E-state index in [2.05, 4.69) is 33.3 Å². The van der Waals surface area contributed by atoms with Gasteiger partial charge in [0.25, 0.3) is 0 Å². The van der Waals surface area contributed by atoms with Crippen LogP contribution < -0.4 is 0 Å². The molecule has 7 nitrogen and oxygen atoms in total. The fraction of sp³-hybridized carbons (Fsp3) is 0.909. The Hall–Kier alpha value is -1.63. The molecule has 0 radical (unpaired) electrons. The zero-order valence-electron chi connectivity index (χ0n) is 25.8. The fourth-order valence-corrected chi connectivity index (χ4v) is 8.46. The van der Waals surface area contributed by atoms with Crippen LogP contribution in [0.15, 0.2) is 0 Å². The third kappa shape index (κ3) is 7.22. The quantitative estimate of drug-likeness (QED) is 0.408. The first-order valence-corrected chi connectivity index (χ1v) is 17.6.